The van der Waals surface area contributed by atoms with Gasteiger partial charge in [0.2, 0.25) is 6.10 Å². The Hall–Kier alpha value is -4.07. The first kappa shape index (κ1) is 20.7. The number of carbonyl (C=O) groups is 3. The number of rotatable bonds is 7. The first-order valence-corrected chi connectivity index (χ1v) is 9.22. The van der Waals surface area contributed by atoms with E-state index in [1.807, 2.05) is 6.07 Å². The van der Waals surface area contributed by atoms with Crippen molar-refractivity contribution in [2.24, 2.45) is 0 Å². The summed E-state index contributed by atoms with van der Waals surface area (Å²) in [6, 6.07) is 18.1. The van der Waals surface area contributed by atoms with Crippen molar-refractivity contribution in [3.63, 3.8) is 0 Å². The van der Waals surface area contributed by atoms with E-state index in [1.165, 1.54) is 7.05 Å². The first-order chi connectivity index (χ1) is 14.6. The van der Waals surface area contributed by atoms with E-state index in [0.29, 0.717) is 23.6 Å². The first-order valence-electron chi connectivity index (χ1n) is 9.22. The van der Waals surface area contributed by atoms with Crippen molar-refractivity contribution in [3.05, 3.63) is 89.9 Å². The van der Waals surface area contributed by atoms with Gasteiger partial charge in [0.25, 0.3) is 5.91 Å². The van der Waals surface area contributed by atoms with Crippen LogP contribution in [0.2, 0.25) is 0 Å². The second kappa shape index (κ2) is 9.92. The molecular formula is C22H21N3O5. The lowest BCUT2D eigenvalue weighted by Crippen LogP contribution is -2.41. The van der Waals surface area contributed by atoms with Gasteiger partial charge < -0.3 is 19.8 Å². The number of carbonyl (C=O) groups excluding carboxylic acids is 3. The molecule has 0 bridgehead atoms. The molecule has 30 heavy (non-hydrogen) atoms. The zero-order valence-corrected chi connectivity index (χ0v) is 16.3. The SMILES string of the molecule is CNC(=O)NC(=O)[C@@H](OC(=O)c1ccccc1NCc1ccco1)c1ccccc1. The maximum Gasteiger partial charge on any atom is 0.341 e. The lowest BCUT2D eigenvalue weighted by Gasteiger charge is -2.18. The number of esters is 1. The minimum atomic E-state index is -1.30. The number of imide groups is 1. The van der Waals surface area contributed by atoms with Crippen molar-refractivity contribution in [3.8, 4) is 0 Å². The summed E-state index contributed by atoms with van der Waals surface area (Å²) in [6.07, 6.45) is 0.265. The normalized spacial score (nSPS) is 11.2. The Morgan fingerprint density at radius 1 is 0.967 bits per heavy atom. The molecule has 0 fully saturated rings. The maximum absolute atomic E-state index is 12.9. The number of ether oxygens (including phenoxy) is 1. The molecule has 154 valence electrons. The van der Waals surface area contributed by atoms with Gasteiger partial charge >= 0.3 is 12.0 Å². The van der Waals surface area contributed by atoms with E-state index in [0.717, 1.165) is 0 Å². The molecule has 0 spiro atoms. The Balaban J connectivity index is 1.80. The molecule has 3 amide bonds. The highest BCUT2D eigenvalue weighted by Gasteiger charge is 2.27. The van der Waals surface area contributed by atoms with Crippen molar-refractivity contribution in [1.82, 2.24) is 10.6 Å². The summed E-state index contributed by atoms with van der Waals surface area (Å²) in [5.74, 6) is -0.765. The molecule has 3 rings (SSSR count). The monoisotopic (exact) mass is 407 g/mol. The van der Waals surface area contributed by atoms with Gasteiger partial charge in [-0.25, -0.2) is 9.59 Å². The molecule has 0 radical (unpaired) electrons. The highest BCUT2D eigenvalue weighted by Crippen LogP contribution is 2.23. The molecule has 1 aromatic heterocycles. The molecule has 0 aliphatic rings. The third-order valence-corrected chi connectivity index (χ3v) is 4.21. The van der Waals surface area contributed by atoms with Gasteiger partial charge in [-0.1, -0.05) is 42.5 Å². The van der Waals surface area contributed by atoms with E-state index < -0.39 is 24.0 Å². The molecule has 2 aromatic carbocycles. The molecule has 0 aliphatic heterocycles. The summed E-state index contributed by atoms with van der Waals surface area (Å²) in [5, 5.41) is 7.57. The summed E-state index contributed by atoms with van der Waals surface area (Å²) in [6.45, 7) is 0.372. The second-order valence-corrected chi connectivity index (χ2v) is 6.24. The standard InChI is InChI=1S/C22H21N3O5/c1-23-22(28)25-20(26)19(15-8-3-2-4-9-15)30-21(27)17-11-5-6-12-18(17)24-14-16-10-7-13-29-16/h2-13,19,24H,14H2,1H3,(H2,23,25,26,28)/t19-/m0/s1. The predicted molar refractivity (Wildman–Crippen MR) is 110 cm³/mol. The topological polar surface area (TPSA) is 110 Å². The zero-order valence-electron chi connectivity index (χ0n) is 16.3. The molecule has 0 unspecified atom stereocenters. The number of amides is 3. The van der Waals surface area contributed by atoms with Gasteiger partial charge in [0.1, 0.15) is 5.76 Å². The second-order valence-electron chi connectivity index (χ2n) is 6.24. The molecule has 3 N–H and O–H groups in total. The average Bonchev–Trinajstić information content (AvgIpc) is 3.30. The highest BCUT2D eigenvalue weighted by molar-refractivity contribution is 6.00. The zero-order chi connectivity index (χ0) is 21.3. The van der Waals surface area contributed by atoms with E-state index in [1.54, 1.807) is 66.9 Å². The number of benzene rings is 2. The van der Waals surface area contributed by atoms with E-state index in [4.69, 9.17) is 9.15 Å². The Labute approximate surface area is 173 Å². The fraction of sp³-hybridized carbons (Fsp3) is 0.136. The molecular weight excluding hydrogens is 386 g/mol. The number of nitrogens with one attached hydrogen (secondary N) is 3. The van der Waals surface area contributed by atoms with Crippen LogP contribution < -0.4 is 16.0 Å². The molecule has 0 saturated carbocycles. The molecule has 8 heteroatoms. The molecule has 1 atom stereocenters. The van der Waals surface area contributed by atoms with E-state index in [9.17, 15) is 14.4 Å². The Morgan fingerprint density at radius 3 is 2.40 bits per heavy atom. The number of para-hydroxylation sites is 1. The van der Waals surface area contributed by atoms with Crippen LogP contribution in [0, 0.1) is 0 Å². The smallest absolute Gasteiger partial charge is 0.341 e. The molecule has 1 heterocycles. The van der Waals surface area contributed by atoms with Gasteiger partial charge in [0.15, 0.2) is 0 Å². The summed E-state index contributed by atoms with van der Waals surface area (Å²) < 4.78 is 10.8. The van der Waals surface area contributed by atoms with Gasteiger partial charge in [-0.05, 0) is 24.3 Å². The Kier molecular flexibility index (Phi) is 6.83. The highest BCUT2D eigenvalue weighted by atomic mass is 16.5. The third-order valence-electron chi connectivity index (χ3n) is 4.21. The molecule has 3 aromatic rings. The van der Waals surface area contributed by atoms with Crippen molar-refractivity contribution >= 4 is 23.6 Å². The summed E-state index contributed by atoms with van der Waals surface area (Å²) in [5.41, 5.74) is 1.21. The Bertz CT molecular complexity index is 1000. The van der Waals surface area contributed by atoms with Crippen LogP contribution in [0.1, 0.15) is 27.8 Å². The summed E-state index contributed by atoms with van der Waals surface area (Å²) in [7, 11) is 1.38. The maximum atomic E-state index is 12.9. The molecule has 0 aliphatic carbocycles. The van der Waals surface area contributed by atoms with Crippen LogP contribution in [0.15, 0.2) is 77.4 Å². The number of anilines is 1. The van der Waals surface area contributed by atoms with Crippen molar-refractivity contribution in [1.29, 1.82) is 0 Å². The minimum Gasteiger partial charge on any atom is -0.467 e. The summed E-state index contributed by atoms with van der Waals surface area (Å²) >= 11 is 0. The third kappa shape index (κ3) is 5.26. The van der Waals surface area contributed by atoms with Crippen LogP contribution in [-0.4, -0.2) is 25.0 Å². The van der Waals surface area contributed by atoms with Crippen molar-refractivity contribution < 1.29 is 23.5 Å². The van der Waals surface area contributed by atoms with Crippen LogP contribution >= 0.6 is 0 Å². The van der Waals surface area contributed by atoms with Crippen molar-refractivity contribution in [2.45, 2.75) is 12.6 Å². The van der Waals surface area contributed by atoms with E-state index in [2.05, 4.69) is 16.0 Å². The van der Waals surface area contributed by atoms with Crippen LogP contribution in [0.3, 0.4) is 0 Å². The minimum absolute atomic E-state index is 0.248. The number of urea groups is 1. The van der Waals surface area contributed by atoms with E-state index >= 15 is 0 Å². The summed E-state index contributed by atoms with van der Waals surface area (Å²) in [4.78, 5) is 37.0. The fourth-order valence-corrected chi connectivity index (χ4v) is 2.72. The van der Waals surface area contributed by atoms with Crippen LogP contribution in [0.4, 0.5) is 10.5 Å². The van der Waals surface area contributed by atoms with Gasteiger partial charge in [-0.3, -0.25) is 10.1 Å². The lowest BCUT2D eigenvalue weighted by atomic mass is 10.1. The largest absolute Gasteiger partial charge is 0.467 e. The van der Waals surface area contributed by atoms with Gasteiger partial charge in [-0.15, -0.1) is 0 Å². The molecule has 0 saturated heterocycles. The lowest BCUT2D eigenvalue weighted by molar-refractivity contribution is -0.129. The quantitative estimate of drug-likeness (QED) is 0.519. The number of hydrogen-bond acceptors (Lipinski definition) is 6. The Morgan fingerprint density at radius 2 is 1.70 bits per heavy atom. The predicted octanol–water partition coefficient (Wildman–Crippen LogP) is 3.25. The number of hydrogen-bond donors (Lipinski definition) is 3. The van der Waals surface area contributed by atoms with Crippen LogP contribution in [0.5, 0.6) is 0 Å². The van der Waals surface area contributed by atoms with Crippen molar-refractivity contribution in [2.75, 3.05) is 12.4 Å². The average molecular weight is 407 g/mol. The van der Waals surface area contributed by atoms with Gasteiger partial charge in [-0.2, -0.15) is 0 Å². The van der Waals surface area contributed by atoms with Crippen LogP contribution in [0.25, 0.3) is 0 Å². The number of furan rings is 1. The molecule has 8 nitrogen and oxygen atoms in total. The van der Waals surface area contributed by atoms with E-state index in [-0.39, 0.29) is 5.56 Å². The van der Waals surface area contributed by atoms with Gasteiger partial charge in [0.05, 0.1) is 18.4 Å². The fourth-order valence-electron chi connectivity index (χ4n) is 2.72. The van der Waals surface area contributed by atoms with Crippen LogP contribution in [-0.2, 0) is 16.1 Å². The van der Waals surface area contributed by atoms with Gasteiger partial charge in [0, 0.05) is 18.3 Å².